The van der Waals surface area contributed by atoms with Gasteiger partial charge >= 0.3 is 0 Å². The van der Waals surface area contributed by atoms with Crippen LogP contribution in [0, 0.1) is 0 Å². The number of hydrogen-bond acceptors (Lipinski definition) is 3. The highest BCUT2D eigenvalue weighted by Gasteiger charge is 2.07. The largest absolute Gasteiger partial charge is 0.357 e. The first-order valence-electron chi connectivity index (χ1n) is 8.49. The zero-order valence-electron chi connectivity index (χ0n) is 15.3. The normalized spacial score (nSPS) is 11.2. The number of guanidine groups is 1. The number of nitrogens with one attached hydrogen (secondary N) is 2. The van der Waals surface area contributed by atoms with E-state index in [1.807, 2.05) is 20.9 Å². The molecular weight excluding hydrogens is 320 g/mol. The molecule has 1 aromatic rings. The van der Waals surface area contributed by atoms with Gasteiger partial charge in [-0.15, -0.1) is 11.8 Å². The second kappa shape index (κ2) is 11.8. The average Bonchev–Trinajstić information content (AvgIpc) is 2.59. The van der Waals surface area contributed by atoms with E-state index >= 15 is 0 Å². The number of carbonyl (C=O) groups excluding carboxylic acids is 1. The fourth-order valence-corrected chi connectivity index (χ4v) is 2.57. The van der Waals surface area contributed by atoms with Gasteiger partial charge in [0.2, 0.25) is 5.91 Å². The average molecular weight is 351 g/mol. The molecule has 0 heterocycles. The maximum Gasteiger partial charge on any atom is 0.221 e. The zero-order valence-corrected chi connectivity index (χ0v) is 16.1. The van der Waals surface area contributed by atoms with Crippen LogP contribution in [0.2, 0.25) is 0 Å². The molecule has 0 aliphatic rings. The maximum absolute atomic E-state index is 11.6. The second-order valence-electron chi connectivity index (χ2n) is 5.54. The Kier molecular flexibility index (Phi) is 10.00. The van der Waals surface area contributed by atoms with Crippen LogP contribution in [-0.4, -0.2) is 49.7 Å². The van der Waals surface area contributed by atoms with Crippen molar-refractivity contribution in [1.82, 2.24) is 15.5 Å². The molecule has 0 aromatic heterocycles. The number of rotatable bonds is 9. The minimum atomic E-state index is 0.0618. The predicted octanol–water partition coefficient (Wildman–Crippen LogP) is 2.72. The third-order valence-corrected chi connectivity index (χ3v) is 4.19. The minimum Gasteiger partial charge on any atom is -0.357 e. The SMILES string of the molecule is CCCNC(=O)CCN=C(NCC)N(C)Cc1ccc(SC)cc1. The fraction of sp³-hybridized carbons (Fsp3) is 0.556. The summed E-state index contributed by atoms with van der Waals surface area (Å²) in [6, 6.07) is 8.56. The van der Waals surface area contributed by atoms with Gasteiger partial charge in [-0.25, -0.2) is 0 Å². The van der Waals surface area contributed by atoms with Gasteiger partial charge in [0.1, 0.15) is 0 Å². The Labute approximate surface area is 150 Å². The smallest absolute Gasteiger partial charge is 0.221 e. The first-order chi connectivity index (χ1) is 11.6. The number of amides is 1. The first-order valence-corrected chi connectivity index (χ1v) is 9.72. The van der Waals surface area contributed by atoms with Gasteiger partial charge in [0, 0.05) is 38.0 Å². The van der Waals surface area contributed by atoms with E-state index in [0.29, 0.717) is 13.0 Å². The Bertz CT molecular complexity index is 516. The molecule has 24 heavy (non-hydrogen) atoms. The standard InChI is InChI=1S/C18H30N4OS/c1-5-12-20-17(23)11-13-21-18(19-6-2)22(3)14-15-7-9-16(24-4)10-8-15/h7-10H,5-6,11-14H2,1-4H3,(H,19,21)(H,20,23). The van der Waals surface area contributed by atoms with Crippen molar-refractivity contribution >= 4 is 23.6 Å². The number of hydrogen-bond donors (Lipinski definition) is 2. The number of thioether (sulfide) groups is 1. The molecule has 0 bridgehead atoms. The van der Waals surface area contributed by atoms with Gasteiger partial charge in [0.15, 0.2) is 5.96 Å². The molecule has 5 nitrogen and oxygen atoms in total. The molecule has 6 heteroatoms. The first kappa shape index (κ1) is 20.4. The molecule has 2 N–H and O–H groups in total. The number of benzene rings is 1. The molecule has 0 aliphatic carbocycles. The van der Waals surface area contributed by atoms with Crippen molar-refractivity contribution in [3.05, 3.63) is 29.8 Å². The number of nitrogens with zero attached hydrogens (tertiary/aromatic N) is 2. The molecule has 1 amide bonds. The van der Waals surface area contributed by atoms with E-state index in [1.165, 1.54) is 10.5 Å². The Morgan fingerprint density at radius 2 is 1.92 bits per heavy atom. The van der Waals surface area contributed by atoms with Gasteiger partial charge in [-0.1, -0.05) is 19.1 Å². The van der Waals surface area contributed by atoms with Gasteiger partial charge < -0.3 is 15.5 Å². The third kappa shape index (κ3) is 7.73. The van der Waals surface area contributed by atoms with Crippen molar-refractivity contribution < 1.29 is 4.79 Å². The van der Waals surface area contributed by atoms with Gasteiger partial charge in [-0.2, -0.15) is 0 Å². The van der Waals surface area contributed by atoms with E-state index in [4.69, 9.17) is 0 Å². The Hall–Kier alpha value is -1.69. The summed E-state index contributed by atoms with van der Waals surface area (Å²) in [6.07, 6.45) is 3.45. The third-order valence-electron chi connectivity index (χ3n) is 3.45. The van der Waals surface area contributed by atoms with Crippen LogP contribution in [0.1, 0.15) is 32.3 Å². The second-order valence-corrected chi connectivity index (χ2v) is 6.42. The van der Waals surface area contributed by atoms with Crippen LogP contribution in [-0.2, 0) is 11.3 Å². The number of carbonyl (C=O) groups is 1. The summed E-state index contributed by atoms with van der Waals surface area (Å²) in [7, 11) is 2.02. The van der Waals surface area contributed by atoms with Crippen LogP contribution < -0.4 is 10.6 Å². The molecule has 0 unspecified atom stereocenters. The lowest BCUT2D eigenvalue weighted by Gasteiger charge is -2.22. The van der Waals surface area contributed by atoms with Gasteiger partial charge in [0.05, 0.1) is 6.54 Å². The van der Waals surface area contributed by atoms with Crippen molar-refractivity contribution in [2.75, 3.05) is 32.9 Å². The van der Waals surface area contributed by atoms with Crippen molar-refractivity contribution in [2.45, 2.75) is 38.1 Å². The lowest BCUT2D eigenvalue weighted by atomic mass is 10.2. The van der Waals surface area contributed by atoms with Crippen molar-refractivity contribution in [3.63, 3.8) is 0 Å². The molecule has 1 aromatic carbocycles. The molecule has 0 atom stereocenters. The molecule has 0 aliphatic heterocycles. The van der Waals surface area contributed by atoms with Crippen LogP contribution in [0.25, 0.3) is 0 Å². The quantitative estimate of drug-likeness (QED) is 0.408. The highest BCUT2D eigenvalue weighted by Crippen LogP contribution is 2.15. The number of aliphatic imine (C=N–C) groups is 1. The molecule has 0 fully saturated rings. The highest BCUT2D eigenvalue weighted by molar-refractivity contribution is 7.98. The lowest BCUT2D eigenvalue weighted by molar-refractivity contribution is -0.120. The summed E-state index contributed by atoms with van der Waals surface area (Å²) in [5.41, 5.74) is 1.24. The van der Waals surface area contributed by atoms with E-state index < -0.39 is 0 Å². The van der Waals surface area contributed by atoms with Gasteiger partial charge in [0.25, 0.3) is 0 Å². The topological polar surface area (TPSA) is 56.7 Å². The van der Waals surface area contributed by atoms with E-state index in [0.717, 1.165) is 32.0 Å². The Morgan fingerprint density at radius 3 is 2.50 bits per heavy atom. The van der Waals surface area contributed by atoms with E-state index in [1.54, 1.807) is 11.8 Å². The fourth-order valence-electron chi connectivity index (χ4n) is 2.17. The Balaban J connectivity index is 2.57. The van der Waals surface area contributed by atoms with Crippen molar-refractivity contribution in [2.24, 2.45) is 4.99 Å². The van der Waals surface area contributed by atoms with Gasteiger partial charge in [-0.05, 0) is 37.3 Å². The molecule has 1 rings (SSSR count). The highest BCUT2D eigenvalue weighted by atomic mass is 32.2. The summed E-state index contributed by atoms with van der Waals surface area (Å²) >= 11 is 1.74. The van der Waals surface area contributed by atoms with Crippen molar-refractivity contribution in [1.29, 1.82) is 0 Å². The molecule has 0 saturated heterocycles. The molecule has 0 saturated carbocycles. The molecular formula is C18H30N4OS. The summed E-state index contributed by atoms with van der Waals surface area (Å²) in [5.74, 6) is 0.890. The van der Waals surface area contributed by atoms with Crippen LogP contribution in [0.3, 0.4) is 0 Å². The van der Waals surface area contributed by atoms with Crippen LogP contribution in [0.15, 0.2) is 34.2 Å². The maximum atomic E-state index is 11.6. The summed E-state index contributed by atoms with van der Waals surface area (Å²) < 4.78 is 0. The minimum absolute atomic E-state index is 0.0618. The van der Waals surface area contributed by atoms with Gasteiger partial charge in [-0.3, -0.25) is 9.79 Å². The van der Waals surface area contributed by atoms with Crippen LogP contribution in [0.4, 0.5) is 0 Å². The van der Waals surface area contributed by atoms with Crippen LogP contribution in [0.5, 0.6) is 0 Å². The van der Waals surface area contributed by atoms with Crippen LogP contribution >= 0.6 is 11.8 Å². The molecule has 0 spiro atoms. The summed E-state index contributed by atoms with van der Waals surface area (Å²) in [6.45, 7) is 6.90. The predicted molar refractivity (Wildman–Crippen MR) is 104 cm³/mol. The molecule has 0 radical (unpaired) electrons. The monoisotopic (exact) mass is 350 g/mol. The van der Waals surface area contributed by atoms with E-state index in [9.17, 15) is 4.79 Å². The van der Waals surface area contributed by atoms with Crippen molar-refractivity contribution in [3.8, 4) is 0 Å². The van der Waals surface area contributed by atoms with E-state index in [2.05, 4.69) is 51.0 Å². The lowest BCUT2D eigenvalue weighted by Crippen LogP contribution is -2.38. The summed E-state index contributed by atoms with van der Waals surface area (Å²) in [4.78, 5) is 19.6. The zero-order chi connectivity index (χ0) is 17.8. The molecule has 134 valence electrons. The summed E-state index contributed by atoms with van der Waals surface area (Å²) in [5, 5.41) is 6.16. The van der Waals surface area contributed by atoms with E-state index in [-0.39, 0.29) is 5.91 Å². The Morgan fingerprint density at radius 1 is 1.21 bits per heavy atom.